The molecule has 19 heavy (non-hydrogen) atoms. The van der Waals surface area contributed by atoms with Crippen LogP contribution in [0.3, 0.4) is 0 Å². The van der Waals surface area contributed by atoms with Gasteiger partial charge in [-0.3, -0.25) is 4.98 Å². The Balaban J connectivity index is 1.88. The number of rotatable bonds is 3. The number of aromatic nitrogens is 1. The van der Waals surface area contributed by atoms with Crippen molar-refractivity contribution >= 4 is 11.4 Å². The van der Waals surface area contributed by atoms with Crippen molar-refractivity contribution in [1.29, 1.82) is 0 Å². The lowest BCUT2D eigenvalue weighted by Crippen LogP contribution is -2.15. The zero-order valence-corrected chi connectivity index (χ0v) is 11.2. The van der Waals surface area contributed by atoms with Gasteiger partial charge in [-0.2, -0.15) is 0 Å². The highest BCUT2D eigenvalue weighted by molar-refractivity contribution is 5.69. The van der Waals surface area contributed by atoms with Crippen molar-refractivity contribution in [2.75, 3.05) is 11.4 Å². The summed E-state index contributed by atoms with van der Waals surface area (Å²) in [5.41, 5.74) is 10.8. The minimum Gasteiger partial charge on any atom is -0.340 e. The lowest BCUT2D eigenvalue weighted by Gasteiger charge is -2.19. The van der Waals surface area contributed by atoms with E-state index in [0.717, 1.165) is 30.8 Å². The smallest absolute Gasteiger partial charge is 0.0597 e. The first-order valence-corrected chi connectivity index (χ1v) is 6.86. The fourth-order valence-electron chi connectivity index (χ4n) is 2.59. The number of hydrogen-bond donors (Lipinski definition) is 1. The van der Waals surface area contributed by atoms with E-state index in [-0.39, 0.29) is 6.04 Å². The molecule has 2 heterocycles. The van der Waals surface area contributed by atoms with Crippen molar-refractivity contribution in [3.05, 3.63) is 53.9 Å². The monoisotopic (exact) mass is 253 g/mol. The second-order valence-electron chi connectivity index (χ2n) is 4.99. The number of anilines is 2. The molecule has 3 heteroatoms. The van der Waals surface area contributed by atoms with Gasteiger partial charge >= 0.3 is 0 Å². The van der Waals surface area contributed by atoms with Gasteiger partial charge in [-0.15, -0.1) is 0 Å². The molecule has 3 rings (SSSR count). The van der Waals surface area contributed by atoms with Crippen LogP contribution in [0.25, 0.3) is 0 Å². The highest BCUT2D eigenvalue weighted by atomic mass is 15.2. The first kappa shape index (κ1) is 12.2. The van der Waals surface area contributed by atoms with E-state index in [1.165, 1.54) is 11.3 Å². The summed E-state index contributed by atoms with van der Waals surface area (Å²) < 4.78 is 0. The molecule has 0 saturated carbocycles. The largest absolute Gasteiger partial charge is 0.340 e. The van der Waals surface area contributed by atoms with Crippen LogP contribution in [0.1, 0.15) is 30.6 Å². The molecule has 98 valence electrons. The zero-order chi connectivity index (χ0) is 13.2. The number of hydrogen-bond acceptors (Lipinski definition) is 3. The molecule has 0 saturated heterocycles. The molecule has 0 bridgehead atoms. The molecule has 1 aliphatic rings. The molecule has 0 aliphatic carbocycles. The molecule has 0 radical (unpaired) electrons. The molecular formula is C16H19N3. The number of benzene rings is 1. The number of para-hydroxylation sites is 1. The average molecular weight is 253 g/mol. The van der Waals surface area contributed by atoms with E-state index >= 15 is 0 Å². The predicted molar refractivity (Wildman–Crippen MR) is 78.6 cm³/mol. The Kier molecular flexibility index (Phi) is 3.22. The molecule has 1 aromatic heterocycles. The van der Waals surface area contributed by atoms with E-state index in [1.807, 2.05) is 12.3 Å². The molecular weight excluding hydrogens is 234 g/mol. The lowest BCUT2D eigenvalue weighted by atomic mass is 10.1. The predicted octanol–water partition coefficient (Wildman–Crippen LogP) is 3.19. The molecule has 1 aliphatic heterocycles. The summed E-state index contributed by atoms with van der Waals surface area (Å²) in [6.07, 6.45) is 3.96. The third kappa shape index (κ3) is 2.22. The van der Waals surface area contributed by atoms with Crippen LogP contribution in [0.5, 0.6) is 0 Å². The summed E-state index contributed by atoms with van der Waals surface area (Å²) in [6.45, 7) is 3.11. The van der Waals surface area contributed by atoms with Crippen molar-refractivity contribution in [1.82, 2.24) is 4.98 Å². The van der Waals surface area contributed by atoms with Gasteiger partial charge in [0.1, 0.15) is 0 Å². The van der Waals surface area contributed by atoms with Gasteiger partial charge in [-0.05, 0) is 36.6 Å². The highest BCUT2D eigenvalue weighted by Gasteiger charge is 2.19. The van der Waals surface area contributed by atoms with Crippen molar-refractivity contribution < 1.29 is 0 Å². The fraction of sp³-hybridized carbons (Fsp3) is 0.312. The van der Waals surface area contributed by atoms with E-state index in [0.29, 0.717) is 0 Å². The third-order valence-electron chi connectivity index (χ3n) is 3.79. The van der Waals surface area contributed by atoms with Gasteiger partial charge in [-0.25, -0.2) is 0 Å². The molecule has 3 nitrogen and oxygen atoms in total. The number of pyridine rings is 1. The van der Waals surface area contributed by atoms with Gasteiger partial charge in [0.15, 0.2) is 0 Å². The van der Waals surface area contributed by atoms with E-state index in [1.54, 1.807) is 0 Å². The second kappa shape index (κ2) is 5.02. The van der Waals surface area contributed by atoms with Crippen LogP contribution >= 0.6 is 0 Å². The molecule has 0 amide bonds. The van der Waals surface area contributed by atoms with E-state index in [4.69, 9.17) is 5.73 Å². The van der Waals surface area contributed by atoms with E-state index in [9.17, 15) is 0 Å². The van der Waals surface area contributed by atoms with Crippen LogP contribution in [-0.2, 0) is 6.42 Å². The maximum atomic E-state index is 6.00. The first-order valence-electron chi connectivity index (χ1n) is 6.86. The molecule has 0 fully saturated rings. The maximum Gasteiger partial charge on any atom is 0.0597 e. The minimum absolute atomic E-state index is 0.0416. The zero-order valence-electron chi connectivity index (χ0n) is 11.2. The van der Waals surface area contributed by atoms with Gasteiger partial charge in [-0.1, -0.05) is 25.1 Å². The Morgan fingerprint density at radius 1 is 1.26 bits per heavy atom. The quantitative estimate of drug-likeness (QED) is 0.913. The van der Waals surface area contributed by atoms with Crippen molar-refractivity contribution in [3.8, 4) is 0 Å². The second-order valence-corrected chi connectivity index (χ2v) is 4.99. The minimum atomic E-state index is 0.0416. The molecule has 1 atom stereocenters. The lowest BCUT2D eigenvalue weighted by molar-refractivity contribution is 0.675. The summed E-state index contributed by atoms with van der Waals surface area (Å²) in [7, 11) is 0. The van der Waals surface area contributed by atoms with Gasteiger partial charge in [0.2, 0.25) is 0 Å². The summed E-state index contributed by atoms with van der Waals surface area (Å²) in [6, 6.07) is 12.8. The SMILES string of the molecule is CC[C@@H](N)c1ccc(N2CCc3ccccc32)cn1. The van der Waals surface area contributed by atoms with E-state index < -0.39 is 0 Å². The molecule has 2 aromatic rings. The Bertz CT molecular complexity index is 562. The Morgan fingerprint density at radius 3 is 2.84 bits per heavy atom. The molecule has 2 N–H and O–H groups in total. The van der Waals surface area contributed by atoms with Crippen molar-refractivity contribution in [3.63, 3.8) is 0 Å². The van der Waals surface area contributed by atoms with Gasteiger partial charge in [0, 0.05) is 18.3 Å². The Morgan fingerprint density at radius 2 is 2.11 bits per heavy atom. The number of nitrogens with two attached hydrogens (primary N) is 1. The van der Waals surface area contributed by atoms with Gasteiger partial charge < -0.3 is 10.6 Å². The molecule has 0 unspecified atom stereocenters. The standard InChI is InChI=1S/C16H19N3/c1-2-14(17)15-8-7-13(11-18-15)19-10-9-12-5-3-4-6-16(12)19/h3-8,11,14H,2,9-10,17H2,1H3/t14-/m1/s1. The van der Waals surface area contributed by atoms with Crippen LogP contribution in [-0.4, -0.2) is 11.5 Å². The molecule has 0 spiro atoms. The van der Waals surface area contributed by atoms with Gasteiger partial charge in [0.05, 0.1) is 17.6 Å². The summed E-state index contributed by atoms with van der Waals surface area (Å²) in [5, 5.41) is 0. The van der Waals surface area contributed by atoms with Crippen LogP contribution in [0.4, 0.5) is 11.4 Å². The maximum absolute atomic E-state index is 6.00. The van der Waals surface area contributed by atoms with Crippen molar-refractivity contribution in [2.24, 2.45) is 5.73 Å². The fourth-order valence-corrected chi connectivity index (χ4v) is 2.59. The van der Waals surface area contributed by atoms with Crippen LogP contribution in [0.2, 0.25) is 0 Å². The average Bonchev–Trinajstić information content (AvgIpc) is 2.90. The normalized spacial score (nSPS) is 15.4. The highest BCUT2D eigenvalue weighted by Crippen LogP contribution is 2.33. The Hall–Kier alpha value is -1.87. The topological polar surface area (TPSA) is 42.1 Å². The summed E-state index contributed by atoms with van der Waals surface area (Å²) >= 11 is 0. The van der Waals surface area contributed by atoms with Gasteiger partial charge in [0.25, 0.3) is 0 Å². The first-order chi connectivity index (χ1) is 9.29. The number of fused-ring (bicyclic) bond motifs is 1. The third-order valence-corrected chi connectivity index (χ3v) is 3.79. The van der Waals surface area contributed by atoms with E-state index in [2.05, 4.69) is 47.1 Å². The number of nitrogens with zero attached hydrogens (tertiary/aromatic N) is 2. The van der Waals surface area contributed by atoms with Crippen LogP contribution in [0.15, 0.2) is 42.6 Å². The summed E-state index contributed by atoms with van der Waals surface area (Å²) in [4.78, 5) is 6.82. The summed E-state index contributed by atoms with van der Waals surface area (Å²) in [5.74, 6) is 0. The Labute approximate surface area is 114 Å². The van der Waals surface area contributed by atoms with Crippen LogP contribution in [0, 0.1) is 0 Å². The van der Waals surface area contributed by atoms with Crippen LogP contribution < -0.4 is 10.6 Å². The molecule has 1 aromatic carbocycles. The van der Waals surface area contributed by atoms with Crippen molar-refractivity contribution in [2.45, 2.75) is 25.8 Å².